The highest BCUT2D eigenvalue weighted by atomic mass is 79.9. The molecule has 0 saturated carbocycles. The Morgan fingerprint density at radius 3 is 2.29 bits per heavy atom. The number of alkyl halides is 1. The molecule has 0 spiro atoms. The van der Waals surface area contributed by atoms with Gasteiger partial charge in [-0.2, -0.15) is 0 Å². The summed E-state index contributed by atoms with van der Waals surface area (Å²) in [6.07, 6.45) is 1.15. The van der Waals surface area contributed by atoms with Crippen LogP contribution in [0.5, 0.6) is 5.75 Å². The summed E-state index contributed by atoms with van der Waals surface area (Å²) in [5, 5.41) is 0. The summed E-state index contributed by atoms with van der Waals surface area (Å²) < 4.78 is 5.12. The number of hydrogen-bond acceptors (Lipinski definition) is 1. The lowest BCUT2D eigenvalue weighted by molar-refractivity contribution is 0.414. The van der Waals surface area contributed by atoms with Gasteiger partial charge in [-0.3, -0.25) is 0 Å². The molecule has 1 aromatic carbocycles. The Hall–Kier alpha value is -0.500. The van der Waals surface area contributed by atoms with Crippen LogP contribution in [0.3, 0.4) is 0 Å². The third kappa shape index (κ3) is 2.74. The van der Waals surface area contributed by atoms with Crippen LogP contribution in [-0.4, -0.2) is 11.9 Å². The van der Waals surface area contributed by atoms with Crippen LogP contribution >= 0.6 is 15.9 Å². The summed E-state index contributed by atoms with van der Waals surface area (Å²) in [5.74, 6) is 1.47. The number of halogens is 1. The van der Waals surface area contributed by atoms with Crippen LogP contribution in [0.2, 0.25) is 0 Å². The van der Waals surface area contributed by atoms with Gasteiger partial charge in [-0.1, -0.05) is 41.9 Å². The highest BCUT2D eigenvalue weighted by Gasteiger charge is 2.13. The summed E-state index contributed by atoms with van der Waals surface area (Å²) >= 11 is 3.68. The van der Waals surface area contributed by atoms with Crippen LogP contribution in [0.25, 0.3) is 0 Å². The molecule has 1 rings (SSSR count). The van der Waals surface area contributed by atoms with Crippen molar-refractivity contribution < 1.29 is 4.74 Å². The maximum absolute atomic E-state index is 5.12. The van der Waals surface area contributed by atoms with E-state index >= 15 is 0 Å². The van der Waals surface area contributed by atoms with Gasteiger partial charge >= 0.3 is 0 Å². The first-order chi connectivity index (χ1) is 6.69. The van der Waals surface area contributed by atoms with Crippen LogP contribution in [0.4, 0.5) is 0 Å². The Morgan fingerprint density at radius 1 is 1.29 bits per heavy atom. The Kier molecular flexibility index (Phi) is 4.46. The van der Waals surface area contributed by atoms with E-state index in [0.29, 0.717) is 10.7 Å². The minimum atomic E-state index is 0.547. The minimum absolute atomic E-state index is 0.547. The second-order valence-corrected chi connectivity index (χ2v) is 4.66. The van der Waals surface area contributed by atoms with E-state index in [4.69, 9.17) is 4.74 Å². The van der Waals surface area contributed by atoms with Gasteiger partial charge in [0.1, 0.15) is 5.75 Å². The van der Waals surface area contributed by atoms with Crippen molar-refractivity contribution in [1.82, 2.24) is 0 Å². The molecule has 0 fully saturated rings. The zero-order valence-corrected chi connectivity index (χ0v) is 10.5. The predicted octanol–water partition coefficient (Wildman–Crippen LogP) is 3.97. The molecule has 0 aliphatic carbocycles. The Morgan fingerprint density at radius 2 is 1.86 bits per heavy atom. The molecule has 0 N–H and O–H groups in total. The molecular weight excluding hydrogens is 240 g/mol. The molecule has 0 aliphatic heterocycles. The molecule has 2 unspecified atom stereocenters. The zero-order chi connectivity index (χ0) is 10.6. The van der Waals surface area contributed by atoms with Crippen LogP contribution in [-0.2, 0) is 0 Å². The highest BCUT2D eigenvalue weighted by molar-refractivity contribution is 9.09. The smallest absolute Gasteiger partial charge is 0.118 e. The fourth-order valence-corrected chi connectivity index (χ4v) is 1.78. The molecule has 0 aliphatic rings. The molecule has 2 atom stereocenters. The quantitative estimate of drug-likeness (QED) is 0.741. The standard InChI is InChI=1S/C12H17BrO/c1-4-12(13)9(2)10-5-7-11(14-3)8-6-10/h5-9,12H,4H2,1-3H3. The Labute approximate surface area is 94.6 Å². The molecule has 2 heteroatoms. The van der Waals surface area contributed by atoms with Crippen molar-refractivity contribution in [2.24, 2.45) is 0 Å². The first-order valence-electron chi connectivity index (χ1n) is 4.97. The summed E-state index contributed by atoms with van der Waals surface area (Å²) in [6.45, 7) is 4.43. The fourth-order valence-electron chi connectivity index (χ4n) is 1.47. The lowest BCUT2D eigenvalue weighted by Gasteiger charge is -2.17. The fraction of sp³-hybridized carbons (Fsp3) is 0.500. The van der Waals surface area contributed by atoms with E-state index in [0.717, 1.165) is 12.2 Å². The first kappa shape index (κ1) is 11.6. The second-order valence-electron chi connectivity index (χ2n) is 3.49. The van der Waals surface area contributed by atoms with Crippen LogP contribution < -0.4 is 4.74 Å². The Balaban J connectivity index is 2.75. The van der Waals surface area contributed by atoms with Crippen molar-refractivity contribution in [2.75, 3.05) is 7.11 Å². The Bertz CT molecular complexity index is 268. The van der Waals surface area contributed by atoms with Gasteiger partial charge in [-0.25, -0.2) is 0 Å². The summed E-state index contributed by atoms with van der Waals surface area (Å²) in [5.41, 5.74) is 1.36. The molecule has 1 aromatic rings. The zero-order valence-electron chi connectivity index (χ0n) is 8.96. The van der Waals surface area contributed by atoms with E-state index in [-0.39, 0.29) is 0 Å². The minimum Gasteiger partial charge on any atom is -0.497 e. The van der Waals surface area contributed by atoms with Crippen molar-refractivity contribution in [2.45, 2.75) is 31.0 Å². The van der Waals surface area contributed by atoms with Crippen molar-refractivity contribution in [3.05, 3.63) is 29.8 Å². The number of ether oxygens (including phenoxy) is 1. The summed E-state index contributed by atoms with van der Waals surface area (Å²) in [4.78, 5) is 0.552. The van der Waals surface area contributed by atoms with E-state index in [9.17, 15) is 0 Å². The van der Waals surface area contributed by atoms with E-state index < -0.39 is 0 Å². The molecule has 0 heterocycles. The average Bonchev–Trinajstić information content (AvgIpc) is 2.27. The van der Waals surface area contributed by atoms with Crippen LogP contribution in [0, 0.1) is 0 Å². The monoisotopic (exact) mass is 256 g/mol. The molecule has 0 amide bonds. The number of rotatable bonds is 4. The maximum atomic E-state index is 5.12. The summed E-state index contributed by atoms with van der Waals surface area (Å²) in [6, 6.07) is 8.29. The lowest BCUT2D eigenvalue weighted by atomic mass is 9.96. The van der Waals surface area contributed by atoms with Gasteiger partial charge in [0.15, 0.2) is 0 Å². The van der Waals surface area contributed by atoms with E-state index in [2.05, 4.69) is 41.9 Å². The van der Waals surface area contributed by atoms with E-state index in [1.807, 2.05) is 12.1 Å². The van der Waals surface area contributed by atoms with Crippen molar-refractivity contribution in [1.29, 1.82) is 0 Å². The topological polar surface area (TPSA) is 9.23 Å². The van der Waals surface area contributed by atoms with Crippen LogP contribution in [0.15, 0.2) is 24.3 Å². The average molecular weight is 257 g/mol. The van der Waals surface area contributed by atoms with Gasteiger partial charge in [0.05, 0.1) is 7.11 Å². The molecule has 0 radical (unpaired) electrons. The van der Waals surface area contributed by atoms with Crippen molar-refractivity contribution >= 4 is 15.9 Å². The molecule has 0 aromatic heterocycles. The third-order valence-corrected chi connectivity index (χ3v) is 4.01. The number of hydrogen-bond donors (Lipinski definition) is 0. The number of benzene rings is 1. The largest absolute Gasteiger partial charge is 0.497 e. The highest BCUT2D eigenvalue weighted by Crippen LogP contribution is 2.27. The second kappa shape index (κ2) is 5.40. The molecule has 1 nitrogen and oxygen atoms in total. The predicted molar refractivity (Wildman–Crippen MR) is 64.4 cm³/mol. The third-order valence-electron chi connectivity index (χ3n) is 2.57. The maximum Gasteiger partial charge on any atom is 0.118 e. The van der Waals surface area contributed by atoms with Gasteiger partial charge in [0, 0.05) is 4.83 Å². The van der Waals surface area contributed by atoms with E-state index in [1.54, 1.807) is 7.11 Å². The van der Waals surface area contributed by atoms with Gasteiger partial charge in [-0.15, -0.1) is 0 Å². The molecule has 78 valence electrons. The van der Waals surface area contributed by atoms with Gasteiger partial charge < -0.3 is 4.74 Å². The van der Waals surface area contributed by atoms with E-state index in [1.165, 1.54) is 5.56 Å². The number of methoxy groups -OCH3 is 1. The van der Waals surface area contributed by atoms with Gasteiger partial charge in [0.2, 0.25) is 0 Å². The van der Waals surface area contributed by atoms with Crippen molar-refractivity contribution in [3.8, 4) is 5.75 Å². The molecular formula is C12H17BrO. The normalized spacial score (nSPS) is 14.9. The molecule has 0 saturated heterocycles. The SMILES string of the molecule is CCC(Br)C(C)c1ccc(OC)cc1. The van der Waals surface area contributed by atoms with Gasteiger partial charge in [-0.05, 0) is 30.0 Å². The first-order valence-corrected chi connectivity index (χ1v) is 5.88. The van der Waals surface area contributed by atoms with Gasteiger partial charge in [0.25, 0.3) is 0 Å². The molecule has 0 bridgehead atoms. The van der Waals surface area contributed by atoms with Crippen molar-refractivity contribution in [3.63, 3.8) is 0 Å². The summed E-state index contributed by atoms with van der Waals surface area (Å²) in [7, 11) is 1.69. The molecule has 14 heavy (non-hydrogen) atoms. The lowest BCUT2D eigenvalue weighted by Crippen LogP contribution is -2.07. The van der Waals surface area contributed by atoms with Crippen LogP contribution in [0.1, 0.15) is 31.7 Å².